The molecule has 1 heterocycles. The van der Waals surface area contributed by atoms with Crippen LogP contribution in [0.4, 0.5) is 11.4 Å². The van der Waals surface area contributed by atoms with Crippen LogP contribution in [0.5, 0.6) is 5.75 Å². The van der Waals surface area contributed by atoms with Crippen LogP contribution in [0.1, 0.15) is 12.8 Å². The fourth-order valence-electron chi connectivity index (χ4n) is 1.97. The summed E-state index contributed by atoms with van der Waals surface area (Å²) in [5.74, 6) is -0.919. The number of hydrogen-bond donors (Lipinski definition) is 2. The minimum Gasteiger partial charge on any atom is -0.506 e. The first-order chi connectivity index (χ1) is 9.47. The van der Waals surface area contributed by atoms with Gasteiger partial charge in [-0.1, -0.05) is 0 Å². The second kappa shape index (κ2) is 5.55. The summed E-state index contributed by atoms with van der Waals surface area (Å²) in [5.41, 5.74) is -0.192. The number of phenols is 1. The number of phenolic OH excluding ortho intramolecular Hbond substituents is 1. The third-order valence-corrected chi connectivity index (χ3v) is 2.97. The van der Waals surface area contributed by atoms with Gasteiger partial charge in [-0.25, -0.2) is 0 Å². The highest BCUT2D eigenvalue weighted by atomic mass is 16.6. The predicted molar refractivity (Wildman–Crippen MR) is 69.2 cm³/mol. The van der Waals surface area contributed by atoms with E-state index in [1.54, 1.807) is 0 Å². The zero-order valence-electron chi connectivity index (χ0n) is 10.5. The van der Waals surface area contributed by atoms with E-state index in [9.17, 15) is 24.8 Å². The van der Waals surface area contributed by atoms with E-state index in [0.29, 0.717) is 13.0 Å². The van der Waals surface area contributed by atoms with Gasteiger partial charge in [0.15, 0.2) is 0 Å². The van der Waals surface area contributed by atoms with Gasteiger partial charge in [0.25, 0.3) is 5.69 Å². The summed E-state index contributed by atoms with van der Waals surface area (Å²) in [6, 6.07) is 3.38. The first kappa shape index (κ1) is 13.8. The van der Waals surface area contributed by atoms with E-state index in [-0.39, 0.29) is 29.6 Å². The minimum absolute atomic E-state index is 0.0759. The van der Waals surface area contributed by atoms with E-state index in [4.69, 9.17) is 0 Å². The minimum atomic E-state index is -0.645. The third kappa shape index (κ3) is 3.02. The van der Waals surface area contributed by atoms with Gasteiger partial charge in [0.05, 0.1) is 23.2 Å². The molecule has 1 aliphatic heterocycles. The highest BCUT2D eigenvalue weighted by Gasteiger charge is 2.22. The van der Waals surface area contributed by atoms with Crippen LogP contribution in [0.25, 0.3) is 0 Å². The Bertz CT molecular complexity index is 572. The largest absolute Gasteiger partial charge is 0.506 e. The lowest BCUT2D eigenvalue weighted by molar-refractivity contribution is -0.384. The van der Waals surface area contributed by atoms with Crippen LogP contribution in [0, 0.1) is 10.1 Å². The average Bonchev–Trinajstić information content (AvgIpc) is 2.77. The second-order valence-electron chi connectivity index (χ2n) is 4.43. The summed E-state index contributed by atoms with van der Waals surface area (Å²) in [6.45, 7) is 0.452. The molecule has 2 rings (SSSR count). The van der Waals surface area contributed by atoms with Crippen LogP contribution in [0.2, 0.25) is 0 Å². The van der Waals surface area contributed by atoms with E-state index >= 15 is 0 Å². The lowest BCUT2D eigenvalue weighted by Crippen LogP contribution is -2.33. The number of non-ortho nitro benzene ring substituents is 1. The Labute approximate surface area is 114 Å². The number of anilines is 1. The number of nitrogens with zero attached hydrogens (tertiary/aromatic N) is 2. The third-order valence-electron chi connectivity index (χ3n) is 2.97. The first-order valence-corrected chi connectivity index (χ1v) is 6.02. The number of nitro groups is 1. The maximum absolute atomic E-state index is 11.7. The summed E-state index contributed by atoms with van der Waals surface area (Å²) in [6.07, 6.45) is 1.17. The van der Waals surface area contributed by atoms with E-state index in [2.05, 4.69) is 5.32 Å². The number of amides is 2. The summed E-state index contributed by atoms with van der Waals surface area (Å²) in [5, 5.41) is 22.5. The number of nitrogens with one attached hydrogen (secondary N) is 1. The topological polar surface area (TPSA) is 113 Å². The maximum Gasteiger partial charge on any atom is 0.273 e. The van der Waals surface area contributed by atoms with Gasteiger partial charge >= 0.3 is 0 Å². The second-order valence-corrected chi connectivity index (χ2v) is 4.43. The van der Waals surface area contributed by atoms with Crippen molar-refractivity contribution in [2.45, 2.75) is 12.8 Å². The molecule has 8 nitrogen and oxygen atoms in total. The number of benzene rings is 1. The van der Waals surface area contributed by atoms with Crippen LogP contribution >= 0.6 is 0 Å². The van der Waals surface area contributed by atoms with Crippen LogP contribution in [-0.4, -0.2) is 39.8 Å². The molecule has 1 aromatic carbocycles. The molecule has 1 aromatic rings. The molecule has 0 saturated carbocycles. The van der Waals surface area contributed by atoms with Crippen molar-refractivity contribution in [2.24, 2.45) is 0 Å². The zero-order chi connectivity index (χ0) is 14.7. The highest BCUT2D eigenvalue weighted by Crippen LogP contribution is 2.27. The summed E-state index contributed by atoms with van der Waals surface area (Å²) >= 11 is 0. The number of aromatic hydroxyl groups is 1. The van der Waals surface area contributed by atoms with Crippen molar-refractivity contribution in [2.75, 3.05) is 18.4 Å². The quantitative estimate of drug-likeness (QED) is 0.482. The molecule has 0 aliphatic carbocycles. The standard InChI is InChI=1S/C12H13N3O5/c16-10-6-8(15(19)20)3-4-9(10)13-11(17)7-14-5-1-2-12(14)18/h3-4,6,16H,1-2,5,7H2,(H,13,17). The molecule has 1 aliphatic rings. The molecule has 0 bridgehead atoms. The van der Waals surface area contributed by atoms with Gasteiger partial charge in [0, 0.05) is 19.0 Å². The predicted octanol–water partition coefficient (Wildman–Crippen LogP) is 0.861. The molecule has 20 heavy (non-hydrogen) atoms. The van der Waals surface area contributed by atoms with Crippen LogP contribution in [0.3, 0.4) is 0 Å². The van der Waals surface area contributed by atoms with E-state index < -0.39 is 10.8 Å². The molecular formula is C12H13N3O5. The van der Waals surface area contributed by atoms with Gasteiger partial charge in [0.1, 0.15) is 5.75 Å². The maximum atomic E-state index is 11.7. The van der Waals surface area contributed by atoms with Gasteiger partial charge in [-0.15, -0.1) is 0 Å². The Morgan fingerprint density at radius 2 is 2.25 bits per heavy atom. The molecule has 8 heteroatoms. The number of nitro benzene ring substituents is 1. The van der Waals surface area contributed by atoms with Crippen molar-refractivity contribution in [3.8, 4) is 5.75 Å². The van der Waals surface area contributed by atoms with Gasteiger partial charge < -0.3 is 15.3 Å². The van der Waals surface area contributed by atoms with Crippen molar-refractivity contribution in [3.63, 3.8) is 0 Å². The number of carbonyl (C=O) groups is 2. The lowest BCUT2D eigenvalue weighted by Gasteiger charge is -2.15. The van der Waals surface area contributed by atoms with Crippen LogP contribution in [-0.2, 0) is 9.59 Å². The zero-order valence-corrected chi connectivity index (χ0v) is 10.5. The monoisotopic (exact) mass is 279 g/mol. The summed E-state index contributed by atoms with van der Waals surface area (Å²) < 4.78 is 0. The molecule has 106 valence electrons. The van der Waals surface area contributed by atoms with Gasteiger partial charge in [0.2, 0.25) is 11.8 Å². The van der Waals surface area contributed by atoms with Gasteiger partial charge in [-0.05, 0) is 12.5 Å². The van der Waals surface area contributed by atoms with Crippen molar-refractivity contribution in [3.05, 3.63) is 28.3 Å². The van der Waals surface area contributed by atoms with Gasteiger partial charge in [-0.3, -0.25) is 19.7 Å². The number of carbonyl (C=O) groups excluding carboxylic acids is 2. The Balaban J connectivity index is 2.00. The first-order valence-electron chi connectivity index (χ1n) is 6.02. The summed E-state index contributed by atoms with van der Waals surface area (Å²) in [4.78, 5) is 34.4. The fourth-order valence-corrected chi connectivity index (χ4v) is 1.97. The number of likely N-dealkylation sites (tertiary alicyclic amines) is 1. The molecule has 0 spiro atoms. The van der Waals surface area contributed by atoms with Crippen molar-refractivity contribution in [1.82, 2.24) is 4.90 Å². The molecule has 0 radical (unpaired) electrons. The smallest absolute Gasteiger partial charge is 0.273 e. The molecule has 0 atom stereocenters. The van der Waals surface area contributed by atoms with E-state index in [1.807, 2.05) is 0 Å². The summed E-state index contributed by atoms with van der Waals surface area (Å²) in [7, 11) is 0. The lowest BCUT2D eigenvalue weighted by atomic mass is 10.2. The van der Waals surface area contributed by atoms with Crippen molar-refractivity contribution < 1.29 is 19.6 Å². The molecule has 0 unspecified atom stereocenters. The number of rotatable bonds is 4. The average molecular weight is 279 g/mol. The van der Waals surface area contributed by atoms with E-state index in [1.165, 1.54) is 17.0 Å². The van der Waals surface area contributed by atoms with Crippen molar-refractivity contribution >= 4 is 23.2 Å². The Morgan fingerprint density at radius 1 is 1.50 bits per heavy atom. The fraction of sp³-hybridized carbons (Fsp3) is 0.333. The normalized spacial score (nSPS) is 14.4. The molecular weight excluding hydrogens is 266 g/mol. The highest BCUT2D eigenvalue weighted by molar-refractivity contribution is 5.96. The van der Waals surface area contributed by atoms with Crippen LogP contribution < -0.4 is 5.32 Å². The Kier molecular flexibility index (Phi) is 3.83. The van der Waals surface area contributed by atoms with E-state index in [0.717, 1.165) is 12.5 Å². The van der Waals surface area contributed by atoms with Crippen LogP contribution in [0.15, 0.2) is 18.2 Å². The molecule has 2 amide bonds. The Morgan fingerprint density at radius 3 is 2.80 bits per heavy atom. The molecule has 1 saturated heterocycles. The molecule has 1 fully saturated rings. The molecule has 2 N–H and O–H groups in total. The Hall–Kier alpha value is -2.64. The number of hydrogen-bond acceptors (Lipinski definition) is 5. The SMILES string of the molecule is O=C(CN1CCCC1=O)Nc1ccc([N+](=O)[O-])cc1O. The van der Waals surface area contributed by atoms with Crippen molar-refractivity contribution in [1.29, 1.82) is 0 Å². The molecule has 0 aromatic heterocycles. The van der Waals surface area contributed by atoms with Gasteiger partial charge in [-0.2, -0.15) is 0 Å².